The van der Waals surface area contributed by atoms with Crippen LogP contribution >= 0.6 is 11.3 Å². The van der Waals surface area contributed by atoms with Gasteiger partial charge in [-0.05, 0) is 13.0 Å². The van der Waals surface area contributed by atoms with Crippen molar-refractivity contribution in [1.82, 2.24) is 20.2 Å². The fourth-order valence-electron chi connectivity index (χ4n) is 1.71. The second-order valence-corrected chi connectivity index (χ2v) is 7.89. The van der Waals surface area contributed by atoms with E-state index in [1.165, 1.54) is 11.3 Å². The van der Waals surface area contributed by atoms with Crippen LogP contribution in [-0.2, 0) is 23.1 Å². The van der Waals surface area contributed by atoms with E-state index in [2.05, 4.69) is 34.1 Å². The molecule has 2 aromatic heterocycles. The van der Waals surface area contributed by atoms with Gasteiger partial charge in [0.05, 0.1) is 11.1 Å². The Morgan fingerprint density at radius 1 is 1.38 bits per heavy atom. The Morgan fingerprint density at radius 2 is 2.14 bits per heavy atom. The average Bonchev–Trinajstić information content (AvgIpc) is 3.03. The molecular weight excluding hydrogens is 308 g/mol. The third-order valence-electron chi connectivity index (χ3n) is 3.01. The van der Waals surface area contributed by atoms with Gasteiger partial charge in [0.1, 0.15) is 0 Å². The van der Waals surface area contributed by atoms with E-state index in [0.29, 0.717) is 17.5 Å². The van der Waals surface area contributed by atoms with Crippen molar-refractivity contribution in [2.45, 2.75) is 44.8 Å². The van der Waals surface area contributed by atoms with Gasteiger partial charge in [0, 0.05) is 40.6 Å². The molecule has 0 saturated carbocycles. The van der Waals surface area contributed by atoms with Crippen LogP contribution in [0.3, 0.4) is 0 Å². The zero-order valence-electron chi connectivity index (χ0n) is 12.3. The minimum Gasteiger partial charge on any atom is -0.310 e. The lowest BCUT2D eigenvalue weighted by molar-refractivity contribution is 0.580. The van der Waals surface area contributed by atoms with Gasteiger partial charge >= 0.3 is 0 Å². The second kappa shape index (κ2) is 6.69. The molecule has 21 heavy (non-hydrogen) atoms. The third-order valence-corrected chi connectivity index (χ3v) is 5.48. The summed E-state index contributed by atoms with van der Waals surface area (Å²) in [5.74, 6) is 0. The number of hydrogen-bond acceptors (Lipinski definition) is 5. The van der Waals surface area contributed by atoms with Crippen LogP contribution < -0.4 is 10.0 Å². The first kappa shape index (κ1) is 16.2. The maximum atomic E-state index is 12.2. The molecule has 0 aliphatic rings. The summed E-state index contributed by atoms with van der Waals surface area (Å²) in [5.41, 5.74) is 1.71. The van der Waals surface area contributed by atoms with E-state index in [4.69, 9.17) is 0 Å². The first-order valence-corrected chi connectivity index (χ1v) is 9.04. The lowest BCUT2D eigenvalue weighted by Crippen LogP contribution is -2.23. The van der Waals surface area contributed by atoms with E-state index < -0.39 is 10.0 Å². The summed E-state index contributed by atoms with van der Waals surface area (Å²) in [7, 11) is -3.48. The molecule has 8 heteroatoms. The molecule has 2 rings (SSSR count). The Morgan fingerprint density at radius 3 is 2.76 bits per heavy atom. The van der Waals surface area contributed by atoms with Gasteiger partial charge in [0.25, 0.3) is 0 Å². The third kappa shape index (κ3) is 4.37. The van der Waals surface area contributed by atoms with Gasteiger partial charge in [-0.25, -0.2) is 13.1 Å². The first-order chi connectivity index (χ1) is 9.88. The predicted octanol–water partition coefficient (Wildman–Crippen LogP) is 1.76. The predicted molar refractivity (Wildman–Crippen MR) is 83.6 cm³/mol. The number of sulfonamides is 1. The van der Waals surface area contributed by atoms with Crippen LogP contribution in [0.15, 0.2) is 22.5 Å². The first-order valence-electron chi connectivity index (χ1n) is 6.68. The maximum absolute atomic E-state index is 12.2. The van der Waals surface area contributed by atoms with E-state index in [-0.39, 0.29) is 6.54 Å². The molecule has 0 atom stereocenters. The zero-order chi connectivity index (χ0) is 15.5. The number of H-pyrrole nitrogens is 1. The molecule has 0 unspecified atom stereocenters. The van der Waals surface area contributed by atoms with Crippen molar-refractivity contribution >= 4 is 21.4 Å². The molecule has 0 radical (unpaired) electrons. The summed E-state index contributed by atoms with van der Waals surface area (Å²) in [4.78, 5) is 1.32. The second-order valence-electron chi connectivity index (χ2n) is 5.13. The number of aromatic amines is 1. The van der Waals surface area contributed by atoms with Crippen molar-refractivity contribution in [3.63, 3.8) is 0 Å². The highest BCUT2D eigenvalue weighted by Crippen LogP contribution is 2.19. The maximum Gasteiger partial charge on any atom is 0.241 e. The monoisotopic (exact) mass is 328 g/mol. The van der Waals surface area contributed by atoms with Crippen LogP contribution in [0.5, 0.6) is 0 Å². The molecule has 3 N–H and O–H groups in total. The van der Waals surface area contributed by atoms with Gasteiger partial charge in [0.15, 0.2) is 0 Å². The highest BCUT2D eigenvalue weighted by molar-refractivity contribution is 7.89. The minimum absolute atomic E-state index is 0.236. The number of thiophene rings is 1. The van der Waals surface area contributed by atoms with Gasteiger partial charge in [-0.2, -0.15) is 5.10 Å². The van der Waals surface area contributed by atoms with Crippen LogP contribution in [0.25, 0.3) is 0 Å². The van der Waals surface area contributed by atoms with Crippen LogP contribution in [-0.4, -0.2) is 24.7 Å². The van der Waals surface area contributed by atoms with Crippen LogP contribution in [0.4, 0.5) is 0 Å². The van der Waals surface area contributed by atoms with Gasteiger partial charge in [-0.3, -0.25) is 5.10 Å². The van der Waals surface area contributed by atoms with Gasteiger partial charge < -0.3 is 5.32 Å². The van der Waals surface area contributed by atoms with Crippen LogP contribution in [0, 0.1) is 6.92 Å². The molecule has 0 saturated heterocycles. The number of rotatable bonds is 7. The number of nitrogens with zero attached hydrogens (tertiary/aromatic N) is 1. The molecule has 0 bridgehead atoms. The molecule has 0 aliphatic heterocycles. The summed E-state index contributed by atoms with van der Waals surface area (Å²) in [6.07, 6.45) is 1.63. The fourth-order valence-corrected chi connectivity index (χ4v) is 3.94. The summed E-state index contributed by atoms with van der Waals surface area (Å²) in [6, 6.07) is 2.08. The molecule has 0 amide bonds. The highest BCUT2D eigenvalue weighted by Gasteiger charge is 2.16. The Kier molecular flexibility index (Phi) is 5.15. The molecule has 0 fully saturated rings. The molecule has 116 valence electrons. The molecule has 2 aromatic rings. The average molecular weight is 328 g/mol. The SMILES string of the molecule is Cc1[nH]ncc1CNS(=O)(=O)c1csc(CNC(C)C)c1. The molecule has 0 spiro atoms. The smallest absolute Gasteiger partial charge is 0.241 e. The van der Waals surface area contributed by atoms with Crippen molar-refractivity contribution in [2.75, 3.05) is 0 Å². The zero-order valence-corrected chi connectivity index (χ0v) is 13.9. The summed E-state index contributed by atoms with van der Waals surface area (Å²) in [5, 5.41) is 11.6. The van der Waals surface area contributed by atoms with E-state index in [9.17, 15) is 8.42 Å². The summed E-state index contributed by atoms with van der Waals surface area (Å²) in [6.45, 7) is 6.88. The Bertz CT molecular complexity index is 689. The lowest BCUT2D eigenvalue weighted by Gasteiger charge is -2.05. The van der Waals surface area contributed by atoms with Crippen molar-refractivity contribution in [1.29, 1.82) is 0 Å². The standard InChI is InChI=1S/C13H20N4O2S2/c1-9(2)14-7-12-4-13(8-20-12)21(18,19)16-6-11-5-15-17-10(11)3/h4-5,8-9,14,16H,6-7H2,1-3H3,(H,15,17). The quantitative estimate of drug-likeness (QED) is 0.723. The highest BCUT2D eigenvalue weighted by atomic mass is 32.2. The number of aromatic nitrogens is 2. The van der Waals surface area contributed by atoms with Gasteiger partial charge in [-0.1, -0.05) is 13.8 Å². The lowest BCUT2D eigenvalue weighted by atomic mass is 10.3. The number of nitrogens with one attached hydrogen (secondary N) is 3. The summed E-state index contributed by atoms with van der Waals surface area (Å²) < 4.78 is 27.1. The van der Waals surface area contributed by atoms with Crippen molar-refractivity contribution < 1.29 is 8.42 Å². The molecule has 0 aliphatic carbocycles. The van der Waals surface area contributed by atoms with Crippen LogP contribution in [0.1, 0.15) is 30.0 Å². The van der Waals surface area contributed by atoms with Gasteiger partial charge in [-0.15, -0.1) is 11.3 Å². The molecular formula is C13H20N4O2S2. The van der Waals surface area contributed by atoms with Crippen molar-refractivity contribution in [2.24, 2.45) is 0 Å². The van der Waals surface area contributed by atoms with Crippen molar-refractivity contribution in [3.8, 4) is 0 Å². The molecule has 6 nitrogen and oxygen atoms in total. The normalized spacial score (nSPS) is 12.2. The Labute approximate surface area is 129 Å². The van der Waals surface area contributed by atoms with Crippen LogP contribution in [0.2, 0.25) is 0 Å². The van der Waals surface area contributed by atoms with Gasteiger partial charge in [0.2, 0.25) is 10.0 Å². The molecule has 0 aromatic carbocycles. The summed E-state index contributed by atoms with van der Waals surface area (Å²) >= 11 is 1.44. The number of aryl methyl sites for hydroxylation is 1. The Hall–Kier alpha value is -1.22. The fraction of sp³-hybridized carbons (Fsp3) is 0.462. The van der Waals surface area contributed by atoms with E-state index in [1.807, 2.05) is 6.92 Å². The molecule has 2 heterocycles. The van der Waals surface area contributed by atoms with E-state index in [1.54, 1.807) is 17.6 Å². The Balaban J connectivity index is 2.01. The van der Waals surface area contributed by atoms with Crippen molar-refractivity contribution in [3.05, 3.63) is 33.8 Å². The minimum atomic E-state index is -3.48. The van der Waals surface area contributed by atoms with E-state index >= 15 is 0 Å². The van der Waals surface area contributed by atoms with E-state index in [0.717, 1.165) is 16.1 Å². The topological polar surface area (TPSA) is 86.9 Å². The largest absolute Gasteiger partial charge is 0.310 e. The number of hydrogen-bond donors (Lipinski definition) is 3.